The van der Waals surface area contributed by atoms with E-state index in [0.717, 1.165) is 49.0 Å². The highest BCUT2D eigenvalue weighted by atomic mass is 35.5. The summed E-state index contributed by atoms with van der Waals surface area (Å²) >= 11 is 0. The maximum Gasteiger partial charge on any atom is 0.209 e. The van der Waals surface area contributed by atoms with Gasteiger partial charge in [-0.25, -0.2) is 4.98 Å². The normalized spacial score (nSPS) is 20.4. The van der Waals surface area contributed by atoms with E-state index in [2.05, 4.69) is 23.7 Å². The number of hydrogen-bond acceptors (Lipinski definition) is 5. The molecule has 0 amide bonds. The van der Waals surface area contributed by atoms with Gasteiger partial charge in [-0.2, -0.15) is 0 Å². The second kappa shape index (κ2) is 7.55. The van der Waals surface area contributed by atoms with Crippen molar-refractivity contribution < 1.29 is 9.15 Å². The van der Waals surface area contributed by atoms with Gasteiger partial charge in [0.1, 0.15) is 5.75 Å². The van der Waals surface area contributed by atoms with Gasteiger partial charge in [0.25, 0.3) is 0 Å². The molecule has 3 rings (SSSR count). The van der Waals surface area contributed by atoms with Crippen molar-refractivity contribution in [1.82, 2.24) is 9.88 Å². The molecule has 1 fully saturated rings. The molecule has 1 aromatic carbocycles. The van der Waals surface area contributed by atoms with Crippen molar-refractivity contribution in [2.75, 3.05) is 20.2 Å². The molecule has 24 heavy (non-hydrogen) atoms. The van der Waals surface area contributed by atoms with Gasteiger partial charge in [0, 0.05) is 24.7 Å². The largest absolute Gasteiger partial charge is 0.497 e. The standard InChI is InChI=1S/C18H25N3O2.ClH/c1-18(2)12-21(9-8-16(18)19)11-17-20-10-15(23-17)13-4-6-14(22-3)7-5-13;/h4-7,10,16H,8-9,11-12,19H2,1-3H3;1H. The minimum atomic E-state index is 0. The zero-order chi connectivity index (χ0) is 16.4. The van der Waals surface area contributed by atoms with E-state index in [4.69, 9.17) is 14.9 Å². The van der Waals surface area contributed by atoms with Crippen LogP contribution in [0.25, 0.3) is 11.3 Å². The van der Waals surface area contributed by atoms with E-state index in [0.29, 0.717) is 0 Å². The molecule has 1 aliphatic heterocycles. The van der Waals surface area contributed by atoms with Gasteiger partial charge in [0.15, 0.2) is 5.76 Å². The van der Waals surface area contributed by atoms with Crippen LogP contribution in [0.4, 0.5) is 0 Å². The molecular weight excluding hydrogens is 326 g/mol. The van der Waals surface area contributed by atoms with Crippen LogP contribution < -0.4 is 10.5 Å². The first-order valence-corrected chi connectivity index (χ1v) is 8.05. The van der Waals surface area contributed by atoms with Crippen LogP contribution in [0.1, 0.15) is 26.2 Å². The Morgan fingerprint density at radius 3 is 2.67 bits per heavy atom. The number of oxazole rings is 1. The van der Waals surface area contributed by atoms with Crippen LogP contribution in [0.5, 0.6) is 5.75 Å². The van der Waals surface area contributed by atoms with Crippen LogP contribution in [0, 0.1) is 5.41 Å². The highest BCUT2D eigenvalue weighted by Crippen LogP contribution is 2.29. The third-order valence-electron chi connectivity index (χ3n) is 4.68. The van der Waals surface area contributed by atoms with E-state index in [1.807, 2.05) is 24.3 Å². The van der Waals surface area contributed by atoms with Crippen LogP contribution in [0.3, 0.4) is 0 Å². The Hall–Kier alpha value is -1.56. The number of likely N-dealkylation sites (tertiary alicyclic amines) is 1. The third kappa shape index (κ3) is 4.09. The summed E-state index contributed by atoms with van der Waals surface area (Å²) in [5, 5.41) is 0. The lowest BCUT2D eigenvalue weighted by Crippen LogP contribution is -2.52. The number of nitrogens with zero attached hydrogens (tertiary/aromatic N) is 2. The average molecular weight is 352 g/mol. The molecule has 1 atom stereocenters. The third-order valence-corrected chi connectivity index (χ3v) is 4.68. The van der Waals surface area contributed by atoms with Crippen molar-refractivity contribution in [3.63, 3.8) is 0 Å². The fourth-order valence-electron chi connectivity index (χ4n) is 3.08. The van der Waals surface area contributed by atoms with Crippen LogP contribution in [-0.4, -0.2) is 36.1 Å². The molecule has 6 heteroatoms. The molecule has 0 bridgehead atoms. The highest BCUT2D eigenvalue weighted by Gasteiger charge is 2.33. The molecule has 0 spiro atoms. The molecular formula is C18H26ClN3O2. The molecule has 2 N–H and O–H groups in total. The van der Waals surface area contributed by atoms with Gasteiger partial charge in [-0.1, -0.05) is 13.8 Å². The molecule has 1 unspecified atom stereocenters. The second-order valence-electron chi connectivity index (χ2n) is 6.94. The van der Waals surface area contributed by atoms with Crippen molar-refractivity contribution in [3.8, 4) is 17.1 Å². The number of halogens is 1. The topological polar surface area (TPSA) is 64.5 Å². The predicted octanol–water partition coefficient (Wildman–Crippen LogP) is 3.33. The quantitative estimate of drug-likeness (QED) is 0.915. The smallest absolute Gasteiger partial charge is 0.209 e. The van der Waals surface area contributed by atoms with Gasteiger partial charge >= 0.3 is 0 Å². The lowest BCUT2D eigenvalue weighted by Gasteiger charge is -2.42. The number of piperidine rings is 1. The first-order chi connectivity index (χ1) is 11.0. The molecule has 5 nitrogen and oxygen atoms in total. The Balaban J connectivity index is 0.00000208. The van der Waals surface area contributed by atoms with Crippen molar-refractivity contribution >= 4 is 12.4 Å². The molecule has 1 aromatic heterocycles. The van der Waals surface area contributed by atoms with Gasteiger partial charge in [0.2, 0.25) is 5.89 Å². The van der Waals surface area contributed by atoms with Crippen molar-refractivity contribution in [2.24, 2.45) is 11.1 Å². The van der Waals surface area contributed by atoms with Gasteiger partial charge in [-0.05, 0) is 36.1 Å². The van der Waals surface area contributed by atoms with Gasteiger partial charge in [0.05, 0.1) is 19.9 Å². The Labute approximate surface area is 149 Å². The maximum atomic E-state index is 6.20. The van der Waals surface area contributed by atoms with E-state index < -0.39 is 0 Å². The summed E-state index contributed by atoms with van der Waals surface area (Å²) in [6, 6.07) is 8.06. The van der Waals surface area contributed by atoms with Crippen LogP contribution in [-0.2, 0) is 6.54 Å². The number of aromatic nitrogens is 1. The molecule has 2 aromatic rings. The minimum Gasteiger partial charge on any atom is -0.497 e. The van der Waals surface area contributed by atoms with E-state index >= 15 is 0 Å². The Bertz CT molecular complexity index is 655. The zero-order valence-corrected chi connectivity index (χ0v) is 15.3. The van der Waals surface area contributed by atoms with Gasteiger partial charge in [-0.3, -0.25) is 4.90 Å². The zero-order valence-electron chi connectivity index (χ0n) is 14.5. The number of benzene rings is 1. The first-order valence-electron chi connectivity index (χ1n) is 8.05. The summed E-state index contributed by atoms with van der Waals surface area (Å²) in [5.41, 5.74) is 7.33. The fraction of sp³-hybridized carbons (Fsp3) is 0.500. The minimum absolute atomic E-state index is 0. The number of rotatable bonds is 4. The molecule has 0 aliphatic carbocycles. The monoisotopic (exact) mass is 351 g/mol. The van der Waals surface area contributed by atoms with E-state index in [1.54, 1.807) is 13.3 Å². The number of hydrogen-bond donors (Lipinski definition) is 1. The van der Waals surface area contributed by atoms with Crippen LogP contribution >= 0.6 is 12.4 Å². The summed E-state index contributed by atoms with van der Waals surface area (Å²) < 4.78 is 11.1. The summed E-state index contributed by atoms with van der Waals surface area (Å²) in [5.74, 6) is 2.37. The Morgan fingerprint density at radius 2 is 2.04 bits per heavy atom. The number of ether oxygens (including phenoxy) is 1. The lowest BCUT2D eigenvalue weighted by molar-refractivity contribution is 0.0832. The Kier molecular flexibility index (Phi) is 5.91. The summed E-state index contributed by atoms with van der Waals surface area (Å²) in [7, 11) is 1.66. The molecule has 132 valence electrons. The molecule has 0 saturated carbocycles. The summed E-state index contributed by atoms with van der Waals surface area (Å²) in [6.45, 7) is 7.13. The summed E-state index contributed by atoms with van der Waals surface area (Å²) in [4.78, 5) is 6.79. The van der Waals surface area contributed by atoms with Crippen molar-refractivity contribution in [1.29, 1.82) is 0 Å². The molecule has 1 saturated heterocycles. The van der Waals surface area contributed by atoms with E-state index in [1.165, 1.54) is 0 Å². The van der Waals surface area contributed by atoms with Gasteiger partial charge in [-0.15, -0.1) is 12.4 Å². The molecule has 1 aliphatic rings. The van der Waals surface area contributed by atoms with E-state index in [-0.39, 0.29) is 23.9 Å². The first kappa shape index (κ1) is 18.8. The highest BCUT2D eigenvalue weighted by molar-refractivity contribution is 5.85. The summed E-state index contributed by atoms with van der Waals surface area (Å²) in [6.07, 6.45) is 2.80. The molecule has 2 heterocycles. The number of methoxy groups -OCH3 is 1. The lowest BCUT2D eigenvalue weighted by atomic mass is 9.80. The van der Waals surface area contributed by atoms with Gasteiger partial charge < -0.3 is 14.9 Å². The Morgan fingerprint density at radius 1 is 1.33 bits per heavy atom. The van der Waals surface area contributed by atoms with E-state index in [9.17, 15) is 0 Å². The maximum absolute atomic E-state index is 6.20. The SMILES string of the molecule is COc1ccc(-c2cnc(CN3CCC(N)C(C)(C)C3)o2)cc1.Cl. The fourth-order valence-corrected chi connectivity index (χ4v) is 3.08. The number of nitrogens with two attached hydrogens (primary N) is 1. The van der Waals surface area contributed by atoms with Crippen molar-refractivity contribution in [2.45, 2.75) is 32.9 Å². The van der Waals surface area contributed by atoms with Crippen LogP contribution in [0.15, 0.2) is 34.9 Å². The predicted molar refractivity (Wildman–Crippen MR) is 97.4 cm³/mol. The second-order valence-corrected chi connectivity index (χ2v) is 6.94. The average Bonchev–Trinajstić information content (AvgIpc) is 2.99. The van der Waals surface area contributed by atoms with Crippen molar-refractivity contribution in [3.05, 3.63) is 36.4 Å². The van der Waals surface area contributed by atoms with Crippen LogP contribution in [0.2, 0.25) is 0 Å². The molecule has 0 radical (unpaired) electrons.